The summed E-state index contributed by atoms with van der Waals surface area (Å²) in [5, 5.41) is 1.33. The molecule has 1 unspecified atom stereocenters. The third-order valence-corrected chi connectivity index (χ3v) is 6.74. The molecule has 1 saturated carbocycles. The minimum Gasteiger partial charge on any atom is -0.326 e. The van der Waals surface area contributed by atoms with Gasteiger partial charge in [-0.15, -0.1) is 11.8 Å². The van der Waals surface area contributed by atoms with E-state index in [0.29, 0.717) is 16.5 Å². The SMILES string of the molecule is O=C(CCC1CCCCC1)N1CCSC1c1ccc(Cl)cc1Cl. The van der Waals surface area contributed by atoms with Gasteiger partial charge in [0.1, 0.15) is 5.37 Å². The summed E-state index contributed by atoms with van der Waals surface area (Å²) in [6, 6.07) is 5.57. The third-order valence-electron chi connectivity index (χ3n) is 4.93. The van der Waals surface area contributed by atoms with Gasteiger partial charge in [-0.05, 0) is 24.5 Å². The van der Waals surface area contributed by atoms with Crippen molar-refractivity contribution in [1.29, 1.82) is 0 Å². The van der Waals surface area contributed by atoms with E-state index in [9.17, 15) is 4.79 Å². The molecule has 1 saturated heterocycles. The van der Waals surface area contributed by atoms with Crippen LogP contribution in [0.2, 0.25) is 10.0 Å². The van der Waals surface area contributed by atoms with Gasteiger partial charge in [0.2, 0.25) is 5.91 Å². The Morgan fingerprint density at radius 2 is 2.00 bits per heavy atom. The highest BCUT2D eigenvalue weighted by molar-refractivity contribution is 7.99. The number of rotatable bonds is 4. The quantitative estimate of drug-likeness (QED) is 0.653. The van der Waals surface area contributed by atoms with Crippen molar-refractivity contribution in [1.82, 2.24) is 4.90 Å². The molecule has 1 amide bonds. The Kier molecular flexibility index (Phi) is 6.17. The molecule has 1 heterocycles. The molecule has 1 aliphatic carbocycles. The predicted molar refractivity (Wildman–Crippen MR) is 99.2 cm³/mol. The number of amides is 1. The molecule has 1 aromatic rings. The number of carbonyl (C=O) groups excluding carboxylic acids is 1. The first-order valence-electron chi connectivity index (χ1n) is 8.51. The van der Waals surface area contributed by atoms with Gasteiger partial charge < -0.3 is 4.90 Å². The number of carbonyl (C=O) groups is 1. The van der Waals surface area contributed by atoms with Crippen LogP contribution in [0.4, 0.5) is 0 Å². The van der Waals surface area contributed by atoms with E-state index in [4.69, 9.17) is 23.2 Å². The van der Waals surface area contributed by atoms with E-state index in [1.54, 1.807) is 17.8 Å². The molecule has 2 fully saturated rings. The molecule has 2 aliphatic rings. The lowest BCUT2D eigenvalue weighted by atomic mass is 9.86. The number of thioether (sulfide) groups is 1. The third kappa shape index (κ3) is 4.37. The van der Waals surface area contributed by atoms with Gasteiger partial charge in [0.05, 0.1) is 0 Å². The second kappa shape index (κ2) is 8.13. The number of nitrogens with zero attached hydrogens (tertiary/aromatic N) is 1. The Morgan fingerprint density at radius 1 is 1.22 bits per heavy atom. The smallest absolute Gasteiger partial charge is 0.223 e. The van der Waals surface area contributed by atoms with E-state index < -0.39 is 0 Å². The van der Waals surface area contributed by atoms with E-state index in [-0.39, 0.29) is 11.3 Å². The minimum atomic E-state index is 0.0404. The maximum atomic E-state index is 12.7. The van der Waals surface area contributed by atoms with Gasteiger partial charge in [0, 0.05) is 34.3 Å². The summed E-state index contributed by atoms with van der Waals surface area (Å²) >= 11 is 14.1. The predicted octanol–water partition coefficient (Wildman–Crippen LogP) is 5.93. The van der Waals surface area contributed by atoms with Gasteiger partial charge >= 0.3 is 0 Å². The summed E-state index contributed by atoms with van der Waals surface area (Å²) in [4.78, 5) is 14.7. The van der Waals surface area contributed by atoms with Crippen LogP contribution < -0.4 is 0 Å². The van der Waals surface area contributed by atoms with Gasteiger partial charge in [-0.3, -0.25) is 4.79 Å². The average Bonchev–Trinajstić information content (AvgIpc) is 3.03. The van der Waals surface area contributed by atoms with Crippen LogP contribution in [0.25, 0.3) is 0 Å². The highest BCUT2D eigenvalue weighted by Crippen LogP contribution is 2.42. The zero-order valence-electron chi connectivity index (χ0n) is 13.3. The maximum Gasteiger partial charge on any atom is 0.223 e. The summed E-state index contributed by atoms with van der Waals surface area (Å²) in [6.07, 6.45) is 8.35. The van der Waals surface area contributed by atoms with Crippen molar-refractivity contribution in [3.05, 3.63) is 33.8 Å². The fourth-order valence-corrected chi connectivity index (χ4v) is 5.52. The van der Waals surface area contributed by atoms with Gasteiger partial charge in [0.25, 0.3) is 0 Å². The standard InChI is InChI=1S/C18H23Cl2NOS/c19-14-7-8-15(16(20)12-14)18-21(10-11-23-18)17(22)9-6-13-4-2-1-3-5-13/h7-8,12-13,18H,1-6,9-11H2. The topological polar surface area (TPSA) is 20.3 Å². The summed E-state index contributed by atoms with van der Waals surface area (Å²) in [5.74, 6) is 2.00. The molecular weight excluding hydrogens is 349 g/mol. The highest BCUT2D eigenvalue weighted by atomic mass is 35.5. The van der Waals surface area contributed by atoms with Gasteiger partial charge in [-0.1, -0.05) is 61.4 Å². The van der Waals surface area contributed by atoms with Crippen LogP contribution in [0.15, 0.2) is 18.2 Å². The van der Waals surface area contributed by atoms with E-state index >= 15 is 0 Å². The minimum absolute atomic E-state index is 0.0404. The number of benzene rings is 1. The normalized spacial score (nSPS) is 22.5. The van der Waals surface area contributed by atoms with Gasteiger partial charge in [-0.25, -0.2) is 0 Å². The average molecular weight is 372 g/mol. The molecule has 5 heteroatoms. The van der Waals surface area contributed by atoms with E-state index in [2.05, 4.69) is 0 Å². The van der Waals surface area contributed by atoms with Crippen molar-refractivity contribution in [2.75, 3.05) is 12.3 Å². The second-order valence-corrected chi connectivity index (χ2v) is 8.55. The molecule has 3 rings (SSSR count). The van der Waals surface area contributed by atoms with Gasteiger partial charge in [0.15, 0.2) is 0 Å². The number of halogens is 2. The fraction of sp³-hybridized carbons (Fsp3) is 0.611. The zero-order chi connectivity index (χ0) is 16.2. The zero-order valence-corrected chi connectivity index (χ0v) is 15.6. The monoisotopic (exact) mass is 371 g/mol. The van der Waals surface area contributed by atoms with Crippen molar-refractivity contribution in [3.63, 3.8) is 0 Å². The van der Waals surface area contributed by atoms with Crippen LogP contribution in [-0.4, -0.2) is 23.1 Å². The number of hydrogen-bond donors (Lipinski definition) is 0. The van der Waals surface area contributed by atoms with Crippen molar-refractivity contribution in [2.45, 2.75) is 50.3 Å². The van der Waals surface area contributed by atoms with Crippen molar-refractivity contribution < 1.29 is 4.79 Å². The lowest BCUT2D eigenvalue weighted by Gasteiger charge is -2.27. The molecule has 1 atom stereocenters. The lowest BCUT2D eigenvalue weighted by Crippen LogP contribution is -2.30. The molecule has 1 aromatic carbocycles. The largest absolute Gasteiger partial charge is 0.326 e. The van der Waals surface area contributed by atoms with E-state index in [1.165, 1.54) is 32.1 Å². The molecular formula is C18H23Cl2NOS. The van der Waals surface area contributed by atoms with Crippen LogP contribution in [0.1, 0.15) is 55.9 Å². The maximum absolute atomic E-state index is 12.7. The fourth-order valence-electron chi connectivity index (χ4n) is 3.63. The van der Waals surface area contributed by atoms with Crippen molar-refractivity contribution >= 4 is 40.9 Å². The van der Waals surface area contributed by atoms with Crippen molar-refractivity contribution in [2.24, 2.45) is 5.92 Å². The first kappa shape index (κ1) is 17.4. The van der Waals surface area contributed by atoms with Crippen molar-refractivity contribution in [3.8, 4) is 0 Å². The highest BCUT2D eigenvalue weighted by Gasteiger charge is 2.32. The molecule has 23 heavy (non-hydrogen) atoms. The molecule has 2 nitrogen and oxygen atoms in total. The Morgan fingerprint density at radius 3 is 2.74 bits per heavy atom. The number of hydrogen-bond acceptors (Lipinski definition) is 2. The molecule has 0 aromatic heterocycles. The van der Waals surface area contributed by atoms with E-state index in [1.807, 2.05) is 17.0 Å². The molecule has 0 bridgehead atoms. The first-order valence-corrected chi connectivity index (χ1v) is 10.3. The van der Waals surface area contributed by atoms with Crippen LogP contribution >= 0.6 is 35.0 Å². The van der Waals surface area contributed by atoms with Crippen LogP contribution in [-0.2, 0) is 4.79 Å². The Labute approximate surface area is 152 Å². The Hall–Kier alpha value is -0.380. The van der Waals surface area contributed by atoms with Crippen LogP contribution in [0, 0.1) is 5.92 Å². The molecule has 0 spiro atoms. The molecule has 1 aliphatic heterocycles. The van der Waals surface area contributed by atoms with Crippen LogP contribution in [0.3, 0.4) is 0 Å². The molecule has 0 N–H and O–H groups in total. The first-order chi connectivity index (χ1) is 11.1. The second-order valence-electron chi connectivity index (χ2n) is 6.52. The summed E-state index contributed by atoms with van der Waals surface area (Å²) in [6.45, 7) is 0.817. The molecule has 0 radical (unpaired) electrons. The molecule has 126 valence electrons. The lowest BCUT2D eigenvalue weighted by molar-refractivity contribution is -0.131. The van der Waals surface area contributed by atoms with Gasteiger partial charge in [-0.2, -0.15) is 0 Å². The van der Waals surface area contributed by atoms with Crippen LogP contribution in [0.5, 0.6) is 0 Å². The Bertz CT molecular complexity index is 560. The van der Waals surface area contributed by atoms with E-state index in [0.717, 1.165) is 30.2 Å². The summed E-state index contributed by atoms with van der Waals surface area (Å²) in [5.41, 5.74) is 1.00. The summed E-state index contributed by atoms with van der Waals surface area (Å²) in [7, 11) is 0. The summed E-state index contributed by atoms with van der Waals surface area (Å²) < 4.78 is 0. The Balaban J connectivity index is 1.62.